The number of hydrogen-bond acceptors (Lipinski definition) is 3. The van der Waals surface area contributed by atoms with E-state index in [9.17, 15) is 14.7 Å². The van der Waals surface area contributed by atoms with Crippen LogP contribution in [0.25, 0.3) is 0 Å². The van der Waals surface area contributed by atoms with E-state index in [0.717, 1.165) is 6.42 Å². The van der Waals surface area contributed by atoms with E-state index >= 15 is 0 Å². The molecule has 0 saturated carbocycles. The van der Waals surface area contributed by atoms with Crippen molar-refractivity contribution in [2.24, 2.45) is 0 Å². The van der Waals surface area contributed by atoms with E-state index in [4.69, 9.17) is 4.74 Å². The molecule has 1 fully saturated rings. The number of urea groups is 1. The standard InChI is InChI=1S/C13H24N2O4/c1-6-15(13(3,4)11(16)17)12(18)14(5)10-7-8-19-9(10)2/h9-10H,6-8H2,1-5H3,(H,16,17). The number of likely N-dealkylation sites (N-methyl/N-ethyl adjacent to an activating group) is 2. The van der Waals surface area contributed by atoms with Gasteiger partial charge in [0.25, 0.3) is 0 Å². The van der Waals surface area contributed by atoms with Gasteiger partial charge in [0.2, 0.25) is 0 Å². The average molecular weight is 272 g/mol. The summed E-state index contributed by atoms with van der Waals surface area (Å²) in [6.45, 7) is 7.78. The number of aliphatic carboxylic acids is 1. The first-order valence-corrected chi connectivity index (χ1v) is 6.62. The maximum atomic E-state index is 12.5. The van der Waals surface area contributed by atoms with Crippen LogP contribution in [0.1, 0.15) is 34.1 Å². The summed E-state index contributed by atoms with van der Waals surface area (Å²) in [5.41, 5.74) is -1.22. The molecule has 110 valence electrons. The zero-order valence-electron chi connectivity index (χ0n) is 12.3. The van der Waals surface area contributed by atoms with Gasteiger partial charge >= 0.3 is 12.0 Å². The lowest BCUT2D eigenvalue weighted by molar-refractivity contribution is -0.147. The monoisotopic (exact) mass is 272 g/mol. The topological polar surface area (TPSA) is 70.1 Å². The zero-order valence-corrected chi connectivity index (χ0v) is 12.3. The predicted octanol–water partition coefficient (Wildman–Crippen LogP) is 1.40. The van der Waals surface area contributed by atoms with Gasteiger partial charge in [-0.15, -0.1) is 0 Å². The zero-order chi connectivity index (χ0) is 14.8. The average Bonchev–Trinajstić information content (AvgIpc) is 2.74. The number of carbonyl (C=O) groups is 2. The molecule has 1 heterocycles. The molecule has 0 spiro atoms. The lowest BCUT2D eigenvalue weighted by atomic mass is 10.0. The first-order chi connectivity index (χ1) is 8.73. The number of nitrogens with zero attached hydrogens (tertiary/aromatic N) is 2. The molecular weight excluding hydrogens is 248 g/mol. The molecular formula is C13H24N2O4. The van der Waals surface area contributed by atoms with Crippen LogP contribution in [0.3, 0.4) is 0 Å². The summed E-state index contributed by atoms with van der Waals surface area (Å²) in [7, 11) is 1.71. The second-order valence-corrected chi connectivity index (χ2v) is 5.43. The fourth-order valence-electron chi connectivity index (χ4n) is 2.45. The first-order valence-electron chi connectivity index (χ1n) is 6.62. The second kappa shape index (κ2) is 5.77. The van der Waals surface area contributed by atoms with Crippen LogP contribution in [0.4, 0.5) is 4.79 Å². The molecule has 0 radical (unpaired) electrons. The minimum atomic E-state index is -1.22. The molecule has 0 bridgehead atoms. The molecule has 1 N–H and O–H groups in total. The molecule has 19 heavy (non-hydrogen) atoms. The highest BCUT2D eigenvalue weighted by Crippen LogP contribution is 2.22. The second-order valence-electron chi connectivity index (χ2n) is 5.43. The molecule has 0 aromatic rings. The Morgan fingerprint density at radius 2 is 2.00 bits per heavy atom. The predicted molar refractivity (Wildman–Crippen MR) is 71.1 cm³/mol. The van der Waals surface area contributed by atoms with Gasteiger partial charge < -0.3 is 19.6 Å². The number of carboxylic acids is 1. The summed E-state index contributed by atoms with van der Waals surface area (Å²) >= 11 is 0. The molecule has 2 atom stereocenters. The Labute approximate surface area is 114 Å². The van der Waals surface area contributed by atoms with Gasteiger partial charge in [-0.1, -0.05) is 0 Å². The van der Waals surface area contributed by atoms with Gasteiger partial charge in [0.05, 0.1) is 12.1 Å². The fourth-order valence-corrected chi connectivity index (χ4v) is 2.45. The first kappa shape index (κ1) is 15.8. The van der Waals surface area contributed by atoms with Crippen LogP contribution in [0.2, 0.25) is 0 Å². The summed E-state index contributed by atoms with van der Waals surface area (Å²) in [5, 5.41) is 9.25. The van der Waals surface area contributed by atoms with Crippen molar-refractivity contribution in [1.29, 1.82) is 0 Å². The maximum absolute atomic E-state index is 12.5. The van der Waals surface area contributed by atoms with Crippen LogP contribution < -0.4 is 0 Å². The summed E-state index contributed by atoms with van der Waals surface area (Å²) in [5.74, 6) is -1.01. The van der Waals surface area contributed by atoms with Crippen molar-refractivity contribution in [2.75, 3.05) is 20.2 Å². The van der Waals surface area contributed by atoms with Crippen LogP contribution in [-0.2, 0) is 9.53 Å². The van der Waals surface area contributed by atoms with Gasteiger partial charge in [0.15, 0.2) is 0 Å². The smallest absolute Gasteiger partial charge is 0.329 e. The van der Waals surface area contributed by atoms with Crippen LogP contribution in [0.5, 0.6) is 0 Å². The number of carboxylic acid groups (broad SMARTS) is 1. The lowest BCUT2D eigenvalue weighted by Gasteiger charge is -2.39. The van der Waals surface area contributed by atoms with E-state index in [0.29, 0.717) is 13.2 Å². The van der Waals surface area contributed by atoms with Crippen molar-refractivity contribution >= 4 is 12.0 Å². The van der Waals surface area contributed by atoms with Gasteiger partial charge in [-0.3, -0.25) is 0 Å². The SMILES string of the molecule is CCN(C(=O)N(C)C1CCOC1C)C(C)(C)C(=O)O. The molecule has 1 saturated heterocycles. The van der Waals surface area contributed by atoms with Crippen LogP contribution in [0.15, 0.2) is 0 Å². The van der Waals surface area contributed by atoms with Gasteiger partial charge in [0, 0.05) is 20.2 Å². The highest BCUT2D eigenvalue weighted by atomic mass is 16.5. The number of amides is 2. The van der Waals surface area contributed by atoms with Crippen molar-refractivity contribution < 1.29 is 19.4 Å². The Morgan fingerprint density at radius 1 is 1.42 bits per heavy atom. The third-order valence-corrected chi connectivity index (χ3v) is 3.88. The van der Waals surface area contributed by atoms with E-state index in [1.165, 1.54) is 4.90 Å². The van der Waals surface area contributed by atoms with Gasteiger partial charge in [0.1, 0.15) is 5.54 Å². The normalized spacial score (nSPS) is 23.2. The van der Waals surface area contributed by atoms with Crippen LogP contribution in [-0.4, -0.2) is 64.8 Å². The quantitative estimate of drug-likeness (QED) is 0.840. The van der Waals surface area contributed by atoms with Crippen LogP contribution >= 0.6 is 0 Å². The summed E-state index contributed by atoms with van der Waals surface area (Å²) in [6.07, 6.45) is 0.773. The Hall–Kier alpha value is -1.30. The minimum absolute atomic E-state index is 0.00569. The molecule has 2 unspecified atom stereocenters. The summed E-state index contributed by atoms with van der Waals surface area (Å²) < 4.78 is 5.45. The third-order valence-electron chi connectivity index (χ3n) is 3.88. The minimum Gasteiger partial charge on any atom is -0.480 e. The third kappa shape index (κ3) is 3.00. The van der Waals surface area contributed by atoms with Gasteiger partial charge in [-0.2, -0.15) is 0 Å². The van der Waals surface area contributed by atoms with Gasteiger partial charge in [-0.25, -0.2) is 9.59 Å². The lowest BCUT2D eigenvalue weighted by Crippen LogP contribution is -2.58. The molecule has 6 heteroatoms. The summed E-state index contributed by atoms with van der Waals surface area (Å²) in [4.78, 5) is 26.8. The summed E-state index contributed by atoms with van der Waals surface area (Å²) in [6, 6.07) is -0.261. The molecule has 2 amide bonds. The highest BCUT2D eigenvalue weighted by Gasteiger charge is 2.40. The Morgan fingerprint density at radius 3 is 2.37 bits per heavy atom. The molecule has 0 aliphatic carbocycles. The van der Waals surface area contributed by atoms with Gasteiger partial charge in [-0.05, 0) is 34.1 Å². The van der Waals surface area contributed by atoms with E-state index in [2.05, 4.69) is 0 Å². The van der Waals surface area contributed by atoms with E-state index in [1.807, 2.05) is 6.92 Å². The molecule has 1 aliphatic heterocycles. The molecule has 0 aromatic heterocycles. The molecule has 6 nitrogen and oxygen atoms in total. The number of hydrogen-bond donors (Lipinski definition) is 1. The Balaban J connectivity index is 2.87. The van der Waals surface area contributed by atoms with Crippen molar-refractivity contribution in [3.05, 3.63) is 0 Å². The van der Waals surface area contributed by atoms with Crippen LogP contribution in [0, 0.1) is 0 Å². The Bertz CT molecular complexity index is 357. The number of ether oxygens (including phenoxy) is 1. The maximum Gasteiger partial charge on any atom is 0.329 e. The van der Waals surface area contributed by atoms with E-state index < -0.39 is 11.5 Å². The number of carbonyl (C=O) groups excluding carboxylic acids is 1. The molecule has 1 aliphatic rings. The fraction of sp³-hybridized carbons (Fsp3) is 0.846. The molecule has 1 rings (SSSR count). The van der Waals surface area contributed by atoms with Crippen molar-refractivity contribution in [3.8, 4) is 0 Å². The number of rotatable bonds is 4. The largest absolute Gasteiger partial charge is 0.480 e. The van der Waals surface area contributed by atoms with Crippen molar-refractivity contribution in [2.45, 2.75) is 51.8 Å². The van der Waals surface area contributed by atoms with E-state index in [-0.39, 0.29) is 18.2 Å². The van der Waals surface area contributed by atoms with Crippen molar-refractivity contribution in [3.63, 3.8) is 0 Å². The van der Waals surface area contributed by atoms with Crippen molar-refractivity contribution in [1.82, 2.24) is 9.80 Å². The Kier molecular flexibility index (Phi) is 4.79. The van der Waals surface area contributed by atoms with E-state index in [1.54, 1.807) is 32.7 Å². The highest BCUT2D eigenvalue weighted by molar-refractivity contribution is 5.85. The molecule has 0 aromatic carbocycles.